The van der Waals surface area contributed by atoms with E-state index >= 15 is 0 Å². The number of amides is 1. The average Bonchev–Trinajstić information content (AvgIpc) is 2.36. The average molecular weight is 268 g/mol. The Bertz CT molecular complexity index is 373. The van der Waals surface area contributed by atoms with Gasteiger partial charge in [0.05, 0.1) is 0 Å². The van der Waals surface area contributed by atoms with Crippen LogP contribution in [-0.4, -0.2) is 23.7 Å². The van der Waals surface area contributed by atoms with E-state index in [9.17, 15) is 4.79 Å². The maximum absolute atomic E-state index is 11.7. The van der Waals surface area contributed by atoms with Gasteiger partial charge in [0.25, 0.3) is 0 Å². The molecule has 0 heterocycles. The van der Waals surface area contributed by atoms with Gasteiger partial charge in [-0.25, -0.2) is 0 Å². The number of hydrogen-bond donors (Lipinski definition) is 0. The second-order valence-corrected chi connectivity index (χ2v) is 5.32. The summed E-state index contributed by atoms with van der Waals surface area (Å²) in [5, 5.41) is 0. The number of hydrogen-bond acceptors (Lipinski definition) is 1. The molecule has 3 heteroatoms. The highest BCUT2D eigenvalue weighted by Crippen LogP contribution is 2.15. The molecular weight excluding hydrogens is 246 g/mol. The van der Waals surface area contributed by atoms with E-state index < -0.39 is 0 Å². The smallest absolute Gasteiger partial charge is 0.222 e. The lowest BCUT2D eigenvalue weighted by Crippen LogP contribution is -2.25. The first-order valence-corrected chi connectivity index (χ1v) is 6.96. The molecule has 0 unspecified atom stereocenters. The molecule has 100 valence electrons. The van der Waals surface area contributed by atoms with Crippen molar-refractivity contribution in [2.45, 2.75) is 39.2 Å². The lowest BCUT2D eigenvalue weighted by Gasteiger charge is -2.17. The van der Waals surface area contributed by atoms with E-state index in [1.165, 1.54) is 11.1 Å². The van der Waals surface area contributed by atoms with E-state index in [0.29, 0.717) is 24.8 Å². The maximum Gasteiger partial charge on any atom is 0.222 e. The van der Waals surface area contributed by atoms with E-state index in [2.05, 4.69) is 38.1 Å². The van der Waals surface area contributed by atoms with Crippen LogP contribution >= 0.6 is 11.6 Å². The van der Waals surface area contributed by atoms with Crippen LogP contribution in [0.5, 0.6) is 0 Å². The molecule has 0 saturated carbocycles. The van der Waals surface area contributed by atoms with Crippen LogP contribution in [-0.2, 0) is 11.3 Å². The quantitative estimate of drug-likeness (QED) is 0.718. The van der Waals surface area contributed by atoms with Gasteiger partial charge in [0.1, 0.15) is 0 Å². The van der Waals surface area contributed by atoms with E-state index in [4.69, 9.17) is 11.6 Å². The molecule has 0 N–H and O–H groups in total. The van der Waals surface area contributed by atoms with Crippen LogP contribution < -0.4 is 0 Å². The van der Waals surface area contributed by atoms with Crippen LogP contribution in [0.3, 0.4) is 0 Å². The van der Waals surface area contributed by atoms with Gasteiger partial charge in [-0.15, -0.1) is 11.6 Å². The van der Waals surface area contributed by atoms with Crippen molar-refractivity contribution in [1.29, 1.82) is 0 Å². The van der Waals surface area contributed by atoms with Crippen molar-refractivity contribution >= 4 is 17.5 Å². The number of carbonyl (C=O) groups is 1. The first kappa shape index (κ1) is 15.0. The molecule has 0 aliphatic heterocycles. The monoisotopic (exact) mass is 267 g/mol. The summed E-state index contributed by atoms with van der Waals surface area (Å²) in [7, 11) is 1.84. The largest absolute Gasteiger partial charge is 0.341 e. The minimum absolute atomic E-state index is 0.156. The first-order valence-electron chi connectivity index (χ1n) is 6.43. The van der Waals surface area contributed by atoms with Crippen LogP contribution in [0.15, 0.2) is 24.3 Å². The zero-order valence-corrected chi connectivity index (χ0v) is 12.2. The summed E-state index contributed by atoms with van der Waals surface area (Å²) in [6.07, 6.45) is 1.28. The summed E-state index contributed by atoms with van der Waals surface area (Å²) in [6.45, 7) is 5.02. The van der Waals surface area contributed by atoms with Gasteiger partial charge in [0, 0.05) is 25.9 Å². The van der Waals surface area contributed by atoms with Crippen LogP contribution in [0.2, 0.25) is 0 Å². The summed E-state index contributed by atoms with van der Waals surface area (Å²) in [6, 6.07) is 8.47. The number of rotatable bonds is 6. The number of halogens is 1. The normalized spacial score (nSPS) is 10.7. The van der Waals surface area contributed by atoms with E-state index in [1.807, 2.05) is 7.05 Å². The van der Waals surface area contributed by atoms with Gasteiger partial charge in [-0.3, -0.25) is 4.79 Å². The zero-order chi connectivity index (χ0) is 13.5. The van der Waals surface area contributed by atoms with Crippen LogP contribution in [0, 0.1) is 0 Å². The van der Waals surface area contributed by atoms with Crippen molar-refractivity contribution in [3.63, 3.8) is 0 Å². The van der Waals surface area contributed by atoms with Gasteiger partial charge in [0.15, 0.2) is 0 Å². The van der Waals surface area contributed by atoms with Gasteiger partial charge in [0.2, 0.25) is 5.91 Å². The fraction of sp³-hybridized carbons (Fsp3) is 0.533. The third-order valence-corrected chi connectivity index (χ3v) is 3.28. The molecule has 0 aliphatic carbocycles. The van der Waals surface area contributed by atoms with Gasteiger partial charge in [-0.1, -0.05) is 38.1 Å². The highest BCUT2D eigenvalue weighted by atomic mass is 35.5. The Labute approximate surface area is 115 Å². The van der Waals surface area contributed by atoms with E-state index in [-0.39, 0.29) is 5.91 Å². The SMILES string of the molecule is CC(C)c1ccc(CN(C)C(=O)CCCCl)cc1. The van der Waals surface area contributed by atoms with Crippen LogP contribution in [0.25, 0.3) is 0 Å². The van der Waals surface area contributed by atoms with Crippen molar-refractivity contribution in [2.75, 3.05) is 12.9 Å². The molecule has 0 spiro atoms. The molecule has 0 bridgehead atoms. The van der Waals surface area contributed by atoms with Gasteiger partial charge < -0.3 is 4.90 Å². The second kappa shape index (κ2) is 7.42. The first-order chi connectivity index (χ1) is 8.54. The molecule has 18 heavy (non-hydrogen) atoms. The lowest BCUT2D eigenvalue weighted by atomic mass is 10.0. The minimum atomic E-state index is 0.156. The van der Waals surface area contributed by atoms with Gasteiger partial charge in [-0.05, 0) is 23.5 Å². The summed E-state index contributed by atoms with van der Waals surface area (Å²) in [5.74, 6) is 1.24. The molecule has 0 aromatic heterocycles. The fourth-order valence-corrected chi connectivity index (χ4v) is 1.91. The Kier molecular flexibility index (Phi) is 6.20. The highest BCUT2D eigenvalue weighted by molar-refractivity contribution is 6.17. The number of alkyl halides is 1. The van der Waals surface area contributed by atoms with Crippen molar-refractivity contribution in [3.05, 3.63) is 35.4 Å². The number of nitrogens with zero attached hydrogens (tertiary/aromatic N) is 1. The third kappa shape index (κ3) is 4.69. The van der Waals surface area contributed by atoms with Crippen molar-refractivity contribution in [3.8, 4) is 0 Å². The molecule has 1 rings (SSSR count). The van der Waals surface area contributed by atoms with Gasteiger partial charge >= 0.3 is 0 Å². The second-order valence-electron chi connectivity index (χ2n) is 4.94. The Hall–Kier alpha value is -1.02. The van der Waals surface area contributed by atoms with E-state index in [0.717, 1.165) is 6.42 Å². The fourth-order valence-electron chi connectivity index (χ4n) is 1.78. The molecule has 0 aliphatic rings. The lowest BCUT2D eigenvalue weighted by molar-refractivity contribution is -0.130. The Balaban J connectivity index is 2.53. The minimum Gasteiger partial charge on any atom is -0.341 e. The zero-order valence-electron chi connectivity index (χ0n) is 11.4. The molecule has 0 saturated heterocycles. The van der Waals surface area contributed by atoms with E-state index in [1.54, 1.807) is 4.90 Å². The summed E-state index contributed by atoms with van der Waals surface area (Å²) in [4.78, 5) is 13.5. The molecule has 1 amide bonds. The standard InChI is InChI=1S/C15H22ClNO/c1-12(2)14-8-6-13(7-9-14)11-17(3)15(18)5-4-10-16/h6-9,12H,4-5,10-11H2,1-3H3. The predicted molar refractivity (Wildman–Crippen MR) is 77.0 cm³/mol. The highest BCUT2D eigenvalue weighted by Gasteiger charge is 2.08. The number of benzene rings is 1. The third-order valence-electron chi connectivity index (χ3n) is 3.02. The molecule has 1 aromatic carbocycles. The predicted octanol–water partition coefficient (Wildman–Crippen LogP) is 3.79. The summed E-state index contributed by atoms with van der Waals surface area (Å²) >= 11 is 5.59. The van der Waals surface area contributed by atoms with Gasteiger partial charge in [-0.2, -0.15) is 0 Å². The molecule has 0 fully saturated rings. The summed E-state index contributed by atoms with van der Waals surface area (Å²) < 4.78 is 0. The molecule has 2 nitrogen and oxygen atoms in total. The molecule has 1 aromatic rings. The number of carbonyl (C=O) groups excluding carboxylic acids is 1. The van der Waals surface area contributed by atoms with Crippen molar-refractivity contribution in [2.24, 2.45) is 0 Å². The van der Waals surface area contributed by atoms with Crippen LogP contribution in [0.4, 0.5) is 0 Å². The van der Waals surface area contributed by atoms with Crippen molar-refractivity contribution < 1.29 is 4.79 Å². The molecule has 0 atom stereocenters. The Morgan fingerprint density at radius 3 is 2.39 bits per heavy atom. The Morgan fingerprint density at radius 1 is 1.28 bits per heavy atom. The molecule has 0 radical (unpaired) electrons. The maximum atomic E-state index is 11.7. The summed E-state index contributed by atoms with van der Waals surface area (Å²) in [5.41, 5.74) is 2.50. The topological polar surface area (TPSA) is 20.3 Å². The molecular formula is C15H22ClNO. The van der Waals surface area contributed by atoms with Crippen LogP contribution in [0.1, 0.15) is 43.7 Å². The van der Waals surface area contributed by atoms with Crippen molar-refractivity contribution in [1.82, 2.24) is 4.90 Å². The Morgan fingerprint density at radius 2 is 1.89 bits per heavy atom.